The number of methoxy groups -OCH3 is 1. The number of ketones is 1. The Balaban J connectivity index is 1.81. The molecule has 2 aromatic rings. The van der Waals surface area contributed by atoms with Crippen molar-refractivity contribution in [3.8, 4) is 17.2 Å². The van der Waals surface area contributed by atoms with Crippen LogP contribution in [-0.2, 0) is 9.59 Å². The highest BCUT2D eigenvalue weighted by molar-refractivity contribution is 6.16. The van der Waals surface area contributed by atoms with Gasteiger partial charge >= 0.3 is 0 Å². The zero-order chi connectivity index (χ0) is 22.1. The van der Waals surface area contributed by atoms with Crippen molar-refractivity contribution in [2.45, 2.75) is 26.3 Å². The van der Waals surface area contributed by atoms with Crippen LogP contribution in [0.4, 0.5) is 5.69 Å². The number of amides is 1. The highest BCUT2D eigenvalue weighted by Gasteiger charge is 2.44. The zero-order valence-electron chi connectivity index (χ0n) is 17.8. The number of ether oxygens (including phenoxy) is 3. The van der Waals surface area contributed by atoms with Crippen molar-refractivity contribution in [2.75, 3.05) is 25.2 Å². The van der Waals surface area contributed by atoms with Gasteiger partial charge < -0.3 is 19.3 Å². The Hall–Kier alpha value is -3.48. The number of anilines is 1. The molecule has 2 aliphatic rings. The quantitative estimate of drug-likeness (QED) is 0.756. The van der Waals surface area contributed by atoms with Crippen LogP contribution in [0.5, 0.6) is 17.2 Å². The van der Waals surface area contributed by atoms with Crippen LogP contribution in [0.25, 0.3) is 0 Å². The summed E-state index contributed by atoms with van der Waals surface area (Å²) >= 11 is 0. The van der Waals surface area contributed by atoms with Crippen LogP contribution in [0.3, 0.4) is 0 Å². The smallest absolute Gasteiger partial charge is 0.294 e. The molecular formula is C24H25NO6. The molecule has 4 rings (SSSR count). The molecule has 0 saturated carbocycles. The summed E-state index contributed by atoms with van der Waals surface area (Å²) in [6.07, 6.45) is 0.230. The maximum Gasteiger partial charge on any atom is 0.294 e. The SMILES string of the molecule is COc1ccc(C2C(C(=O)CC(C)C)=C(O)C(=O)N2c2ccc3c(c2)OCCO3)cc1. The first-order chi connectivity index (χ1) is 14.9. The number of Topliss-reactive ketones (excluding diaryl/α,β-unsaturated/α-hetero) is 1. The monoisotopic (exact) mass is 423 g/mol. The van der Waals surface area contributed by atoms with Crippen molar-refractivity contribution >= 4 is 17.4 Å². The van der Waals surface area contributed by atoms with Gasteiger partial charge in [0, 0.05) is 18.2 Å². The maximum absolute atomic E-state index is 13.2. The van der Waals surface area contributed by atoms with E-state index >= 15 is 0 Å². The number of hydrogen-bond donors (Lipinski definition) is 1. The number of aliphatic hydroxyl groups is 1. The van der Waals surface area contributed by atoms with Gasteiger partial charge in [-0.1, -0.05) is 26.0 Å². The summed E-state index contributed by atoms with van der Waals surface area (Å²) in [6.45, 7) is 4.72. The fraction of sp³-hybridized carbons (Fsp3) is 0.333. The lowest BCUT2D eigenvalue weighted by Crippen LogP contribution is -2.31. The Morgan fingerprint density at radius 3 is 2.45 bits per heavy atom. The van der Waals surface area contributed by atoms with E-state index in [0.29, 0.717) is 41.7 Å². The summed E-state index contributed by atoms with van der Waals surface area (Å²) in [5.74, 6) is 0.472. The average Bonchev–Trinajstić information content (AvgIpc) is 3.03. The van der Waals surface area contributed by atoms with E-state index in [2.05, 4.69) is 0 Å². The van der Waals surface area contributed by atoms with Gasteiger partial charge in [0.25, 0.3) is 5.91 Å². The van der Waals surface area contributed by atoms with Crippen molar-refractivity contribution in [3.05, 3.63) is 59.4 Å². The second-order valence-electron chi connectivity index (χ2n) is 7.96. The minimum atomic E-state index is -0.757. The van der Waals surface area contributed by atoms with Crippen molar-refractivity contribution in [2.24, 2.45) is 5.92 Å². The molecule has 162 valence electrons. The molecule has 0 bridgehead atoms. The van der Waals surface area contributed by atoms with Crippen LogP contribution >= 0.6 is 0 Å². The molecule has 2 aromatic carbocycles. The predicted molar refractivity (Wildman–Crippen MR) is 115 cm³/mol. The molecule has 0 aromatic heterocycles. The Morgan fingerprint density at radius 2 is 1.81 bits per heavy atom. The summed E-state index contributed by atoms with van der Waals surface area (Å²) in [6, 6.07) is 11.5. The lowest BCUT2D eigenvalue weighted by atomic mass is 9.92. The van der Waals surface area contributed by atoms with Gasteiger partial charge in [-0.2, -0.15) is 0 Å². The molecule has 0 fully saturated rings. The first kappa shape index (κ1) is 20.8. The van der Waals surface area contributed by atoms with Gasteiger partial charge in [-0.05, 0) is 35.7 Å². The van der Waals surface area contributed by atoms with E-state index in [1.165, 1.54) is 4.90 Å². The Labute approximate surface area is 180 Å². The van der Waals surface area contributed by atoms with Gasteiger partial charge in [0.1, 0.15) is 19.0 Å². The lowest BCUT2D eigenvalue weighted by Gasteiger charge is -2.28. The molecule has 7 heteroatoms. The first-order valence-electron chi connectivity index (χ1n) is 10.2. The molecule has 0 saturated heterocycles. The molecule has 1 unspecified atom stereocenters. The number of hydrogen-bond acceptors (Lipinski definition) is 6. The van der Waals surface area contributed by atoms with Gasteiger partial charge in [-0.15, -0.1) is 0 Å². The molecule has 31 heavy (non-hydrogen) atoms. The van der Waals surface area contributed by atoms with Crippen molar-refractivity contribution in [1.82, 2.24) is 0 Å². The topological polar surface area (TPSA) is 85.3 Å². The van der Waals surface area contributed by atoms with E-state index in [1.54, 1.807) is 49.6 Å². The van der Waals surface area contributed by atoms with Gasteiger partial charge in [0.15, 0.2) is 23.0 Å². The second-order valence-corrected chi connectivity index (χ2v) is 7.96. The van der Waals surface area contributed by atoms with Crippen LogP contribution in [0.2, 0.25) is 0 Å². The molecule has 1 atom stereocenters. The number of fused-ring (bicyclic) bond motifs is 1. The number of carbonyl (C=O) groups is 2. The van der Waals surface area contributed by atoms with E-state index in [1.807, 2.05) is 13.8 Å². The van der Waals surface area contributed by atoms with Crippen LogP contribution in [0.15, 0.2) is 53.8 Å². The van der Waals surface area contributed by atoms with Gasteiger partial charge in [0.2, 0.25) is 0 Å². The van der Waals surface area contributed by atoms with Gasteiger partial charge in [-0.3, -0.25) is 14.5 Å². The summed E-state index contributed by atoms with van der Waals surface area (Å²) in [7, 11) is 1.57. The molecule has 2 heterocycles. The number of benzene rings is 2. The standard InChI is InChI=1S/C24H25NO6/c1-14(2)12-18(26)21-22(15-4-7-17(29-3)8-5-15)25(24(28)23(21)27)16-6-9-19-20(13-16)31-11-10-30-19/h4-9,13-14,22,27H,10-12H2,1-3H3. The Morgan fingerprint density at radius 1 is 1.13 bits per heavy atom. The normalized spacial score (nSPS) is 18.0. The highest BCUT2D eigenvalue weighted by atomic mass is 16.6. The fourth-order valence-corrected chi connectivity index (χ4v) is 3.92. The molecule has 2 aliphatic heterocycles. The molecule has 0 spiro atoms. The minimum Gasteiger partial charge on any atom is -0.503 e. The summed E-state index contributed by atoms with van der Waals surface area (Å²) in [4.78, 5) is 27.6. The third-order valence-electron chi connectivity index (χ3n) is 5.34. The molecule has 7 nitrogen and oxygen atoms in total. The van der Waals surface area contributed by atoms with E-state index in [-0.39, 0.29) is 23.7 Å². The minimum absolute atomic E-state index is 0.0859. The Bertz CT molecular complexity index is 1040. The molecular weight excluding hydrogens is 398 g/mol. The van der Waals surface area contributed by atoms with Crippen molar-refractivity contribution < 1.29 is 28.9 Å². The Kier molecular flexibility index (Phi) is 5.59. The summed E-state index contributed by atoms with van der Waals surface area (Å²) in [5.41, 5.74) is 1.31. The van der Waals surface area contributed by atoms with E-state index in [0.717, 1.165) is 0 Å². The van der Waals surface area contributed by atoms with Gasteiger partial charge in [0.05, 0.1) is 18.7 Å². The van der Waals surface area contributed by atoms with Crippen LogP contribution in [0.1, 0.15) is 31.9 Å². The number of nitrogens with zero attached hydrogens (tertiary/aromatic N) is 1. The maximum atomic E-state index is 13.2. The zero-order valence-corrected chi connectivity index (χ0v) is 17.8. The summed E-state index contributed by atoms with van der Waals surface area (Å²) < 4.78 is 16.5. The van der Waals surface area contributed by atoms with Crippen LogP contribution in [-0.4, -0.2) is 37.1 Å². The van der Waals surface area contributed by atoms with Crippen LogP contribution in [0, 0.1) is 5.92 Å². The molecule has 0 radical (unpaired) electrons. The highest BCUT2D eigenvalue weighted by Crippen LogP contribution is 2.44. The van der Waals surface area contributed by atoms with Crippen molar-refractivity contribution in [1.29, 1.82) is 0 Å². The number of rotatable bonds is 6. The lowest BCUT2D eigenvalue weighted by molar-refractivity contribution is -0.118. The third-order valence-corrected chi connectivity index (χ3v) is 5.34. The largest absolute Gasteiger partial charge is 0.503 e. The predicted octanol–water partition coefficient (Wildman–Crippen LogP) is 3.98. The van der Waals surface area contributed by atoms with E-state index in [4.69, 9.17) is 14.2 Å². The van der Waals surface area contributed by atoms with Crippen LogP contribution < -0.4 is 19.1 Å². The average molecular weight is 423 g/mol. The first-order valence-corrected chi connectivity index (χ1v) is 10.2. The number of carbonyl (C=O) groups excluding carboxylic acids is 2. The third kappa shape index (κ3) is 3.83. The van der Waals surface area contributed by atoms with E-state index in [9.17, 15) is 14.7 Å². The second kappa shape index (κ2) is 8.34. The number of aliphatic hydroxyl groups excluding tert-OH is 1. The molecule has 1 amide bonds. The molecule has 1 N–H and O–H groups in total. The van der Waals surface area contributed by atoms with Crippen molar-refractivity contribution in [3.63, 3.8) is 0 Å². The van der Waals surface area contributed by atoms with E-state index < -0.39 is 17.7 Å². The molecule has 0 aliphatic carbocycles. The summed E-state index contributed by atoms with van der Waals surface area (Å²) in [5, 5.41) is 10.7. The fourth-order valence-electron chi connectivity index (χ4n) is 3.92. The van der Waals surface area contributed by atoms with Gasteiger partial charge in [-0.25, -0.2) is 0 Å².